The minimum Gasteiger partial charge on any atom is -0.369 e. The Kier molecular flexibility index (Phi) is 4.51. The highest BCUT2D eigenvalue weighted by Gasteiger charge is 2.30. The molecule has 1 N–H and O–H groups in total. The van der Waals surface area contributed by atoms with Crippen molar-refractivity contribution in [3.8, 4) is 0 Å². The van der Waals surface area contributed by atoms with Gasteiger partial charge in [-0.2, -0.15) is 0 Å². The minimum absolute atomic E-state index is 0.0502. The largest absolute Gasteiger partial charge is 0.369 e. The number of rotatable bonds is 2. The summed E-state index contributed by atoms with van der Waals surface area (Å²) in [5, 5.41) is 16.1. The molecule has 3 heterocycles. The van der Waals surface area contributed by atoms with Crippen molar-refractivity contribution >= 4 is 39.7 Å². The van der Waals surface area contributed by atoms with Crippen molar-refractivity contribution in [2.24, 2.45) is 7.05 Å². The zero-order chi connectivity index (χ0) is 21.7. The van der Waals surface area contributed by atoms with Crippen LogP contribution < -0.4 is 10.2 Å². The third kappa shape index (κ3) is 3.07. The third-order valence-corrected chi connectivity index (χ3v) is 6.10. The standard InChI is InChI=1S/C22H19ClN6O2/c1-27-11-17-18(15-5-3-4-6-16(15)28(17)2)19(13-7-9-14(10-8-13)29(30)31)26-20-21(23)24-12-25-22(20)27/h3-10,12,19,26H,11H2,1-2H3. The molecule has 2 aromatic carbocycles. The highest BCUT2D eigenvalue weighted by Crippen LogP contribution is 2.42. The van der Waals surface area contributed by atoms with E-state index < -0.39 is 4.92 Å². The second-order valence-electron chi connectivity index (χ2n) is 7.58. The Morgan fingerprint density at radius 1 is 1.13 bits per heavy atom. The van der Waals surface area contributed by atoms with Crippen LogP contribution in [0.3, 0.4) is 0 Å². The summed E-state index contributed by atoms with van der Waals surface area (Å²) in [6.07, 6.45) is 1.45. The van der Waals surface area contributed by atoms with Gasteiger partial charge >= 0.3 is 0 Å². The van der Waals surface area contributed by atoms with Crippen LogP contribution >= 0.6 is 11.6 Å². The number of nitrogens with one attached hydrogen (secondary N) is 1. The van der Waals surface area contributed by atoms with E-state index in [1.165, 1.54) is 18.5 Å². The fourth-order valence-electron chi connectivity index (χ4n) is 4.31. The quantitative estimate of drug-likeness (QED) is 0.280. The molecule has 0 radical (unpaired) electrons. The van der Waals surface area contributed by atoms with Crippen molar-refractivity contribution in [2.75, 3.05) is 17.3 Å². The van der Waals surface area contributed by atoms with Gasteiger partial charge in [-0.1, -0.05) is 29.8 Å². The number of hydrogen-bond donors (Lipinski definition) is 1. The van der Waals surface area contributed by atoms with Crippen LogP contribution in [0.1, 0.15) is 22.9 Å². The fraction of sp³-hybridized carbons (Fsp3) is 0.182. The number of nitrogens with zero attached hydrogens (tertiary/aromatic N) is 5. The molecule has 0 saturated heterocycles. The van der Waals surface area contributed by atoms with Crippen LogP contribution in [0.5, 0.6) is 0 Å². The molecule has 0 spiro atoms. The number of halogens is 1. The molecule has 1 atom stereocenters. The summed E-state index contributed by atoms with van der Waals surface area (Å²) in [6.45, 7) is 0.617. The van der Waals surface area contributed by atoms with Crippen molar-refractivity contribution in [1.82, 2.24) is 14.5 Å². The first kappa shape index (κ1) is 19.3. The molecule has 1 unspecified atom stereocenters. The molecular formula is C22H19ClN6O2. The fourth-order valence-corrected chi connectivity index (χ4v) is 4.50. The second kappa shape index (κ2) is 7.24. The van der Waals surface area contributed by atoms with Crippen LogP contribution in [0.4, 0.5) is 17.2 Å². The molecule has 8 nitrogen and oxygen atoms in total. The van der Waals surface area contributed by atoms with Gasteiger partial charge in [-0.05, 0) is 23.8 Å². The monoisotopic (exact) mass is 434 g/mol. The van der Waals surface area contributed by atoms with E-state index in [4.69, 9.17) is 11.6 Å². The number of hydrogen-bond acceptors (Lipinski definition) is 6. The van der Waals surface area contributed by atoms with E-state index in [0.29, 0.717) is 23.2 Å². The molecule has 9 heteroatoms. The van der Waals surface area contributed by atoms with Gasteiger partial charge in [0, 0.05) is 48.4 Å². The van der Waals surface area contributed by atoms with E-state index in [2.05, 4.69) is 39.0 Å². The van der Waals surface area contributed by atoms with Gasteiger partial charge < -0.3 is 14.8 Å². The lowest BCUT2D eigenvalue weighted by Crippen LogP contribution is -2.27. The van der Waals surface area contributed by atoms with E-state index in [1.54, 1.807) is 12.1 Å². The molecule has 0 aliphatic carbocycles. The predicted octanol–water partition coefficient (Wildman–Crippen LogP) is 4.68. The molecule has 1 aliphatic rings. The van der Waals surface area contributed by atoms with E-state index >= 15 is 0 Å². The van der Waals surface area contributed by atoms with E-state index in [9.17, 15) is 10.1 Å². The second-order valence-corrected chi connectivity index (χ2v) is 7.94. The van der Waals surface area contributed by atoms with Crippen molar-refractivity contribution in [1.29, 1.82) is 0 Å². The molecule has 0 saturated carbocycles. The van der Waals surface area contributed by atoms with Crippen molar-refractivity contribution in [3.05, 3.63) is 86.9 Å². The van der Waals surface area contributed by atoms with Gasteiger partial charge in [0.2, 0.25) is 0 Å². The summed E-state index contributed by atoms with van der Waals surface area (Å²) >= 11 is 6.47. The zero-order valence-corrected chi connectivity index (χ0v) is 17.7. The van der Waals surface area contributed by atoms with Crippen LogP contribution in [0.15, 0.2) is 54.9 Å². The molecule has 31 heavy (non-hydrogen) atoms. The molecule has 0 fully saturated rings. The number of anilines is 2. The topological polar surface area (TPSA) is 89.1 Å². The lowest BCUT2D eigenvalue weighted by molar-refractivity contribution is -0.384. The molecule has 0 bridgehead atoms. The predicted molar refractivity (Wildman–Crippen MR) is 121 cm³/mol. The lowest BCUT2D eigenvalue weighted by Gasteiger charge is -2.30. The third-order valence-electron chi connectivity index (χ3n) is 5.82. The van der Waals surface area contributed by atoms with E-state index in [-0.39, 0.29) is 11.7 Å². The Labute approximate surface area is 183 Å². The molecule has 5 rings (SSSR count). The summed E-state index contributed by atoms with van der Waals surface area (Å²) in [7, 11) is 4.02. The number of fused-ring (bicyclic) bond motifs is 4. The first-order valence-corrected chi connectivity index (χ1v) is 10.1. The number of nitro benzene ring substituents is 1. The highest BCUT2D eigenvalue weighted by atomic mass is 35.5. The molecule has 4 aromatic rings. The maximum Gasteiger partial charge on any atom is 0.269 e. The van der Waals surface area contributed by atoms with Gasteiger partial charge in [0.1, 0.15) is 12.0 Å². The average Bonchev–Trinajstić information content (AvgIpc) is 3.03. The van der Waals surface area contributed by atoms with Gasteiger partial charge in [-0.15, -0.1) is 0 Å². The first-order valence-electron chi connectivity index (χ1n) is 9.74. The normalized spacial score (nSPS) is 15.6. The minimum atomic E-state index is -0.395. The summed E-state index contributed by atoms with van der Waals surface area (Å²) in [4.78, 5) is 21.4. The van der Waals surface area contributed by atoms with Crippen molar-refractivity contribution in [3.63, 3.8) is 0 Å². The zero-order valence-electron chi connectivity index (χ0n) is 16.9. The smallest absolute Gasteiger partial charge is 0.269 e. The summed E-state index contributed by atoms with van der Waals surface area (Å²) in [5.41, 5.74) is 4.91. The van der Waals surface area contributed by atoms with E-state index in [0.717, 1.165) is 27.7 Å². The number of aryl methyl sites for hydroxylation is 1. The number of non-ortho nitro benzene ring substituents is 1. The van der Waals surface area contributed by atoms with Crippen LogP contribution in [0, 0.1) is 10.1 Å². The van der Waals surface area contributed by atoms with Gasteiger partial charge in [-0.3, -0.25) is 10.1 Å². The molecular weight excluding hydrogens is 416 g/mol. The number of para-hydroxylation sites is 1. The summed E-state index contributed by atoms with van der Waals surface area (Å²) in [5.74, 6) is 0.697. The Balaban J connectivity index is 1.78. The number of aromatic nitrogens is 3. The molecule has 0 amide bonds. The van der Waals surface area contributed by atoms with Crippen LogP contribution in [-0.4, -0.2) is 26.5 Å². The summed E-state index contributed by atoms with van der Waals surface area (Å²) in [6, 6.07) is 14.5. The summed E-state index contributed by atoms with van der Waals surface area (Å²) < 4.78 is 2.19. The van der Waals surface area contributed by atoms with Gasteiger partial charge in [0.15, 0.2) is 11.0 Å². The maximum atomic E-state index is 11.2. The maximum absolute atomic E-state index is 11.2. The lowest BCUT2D eigenvalue weighted by atomic mass is 9.94. The Hall–Kier alpha value is -3.65. The number of nitro groups is 1. The Morgan fingerprint density at radius 3 is 2.61 bits per heavy atom. The molecule has 1 aliphatic heterocycles. The van der Waals surface area contributed by atoms with Crippen molar-refractivity contribution < 1.29 is 4.92 Å². The van der Waals surface area contributed by atoms with Crippen LogP contribution in [-0.2, 0) is 13.6 Å². The van der Waals surface area contributed by atoms with Crippen LogP contribution in [0.25, 0.3) is 10.9 Å². The Bertz CT molecular complexity index is 1320. The van der Waals surface area contributed by atoms with E-state index in [1.807, 2.05) is 24.1 Å². The van der Waals surface area contributed by atoms with Crippen LogP contribution in [0.2, 0.25) is 5.15 Å². The SMILES string of the molecule is CN1Cc2c(c3ccccc3n2C)C(c2ccc([N+](=O)[O-])cc2)Nc2c(Cl)ncnc21. The van der Waals surface area contributed by atoms with Gasteiger partial charge in [-0.25, -0.2) is 9.97 Å². The molecule has 156 valence electrons. The first-order chi connectivity index (χ1) is 15.0. The van der Waals surface area contributed by atoms with Crippen molar-refractivity contribution in [2.45, 2.75) is 12.6 Å². The van der Waals surface area contributed by atoms with Gasteiger partial charge in [0.25, 0.3) is 5.69 Å². The highest BCUT2D eigenvalue weighted by molar-refractivity contribution is 6.32. The van der Waals surface area contributed by atoms with Gasteiger partial charge in [0.05, 0.1) is 17.5 Å². The molecule has 2 aromatic heterocycles. The number of benzene rings is 2. The average molecular weight is 435 g/mol. The Morgan fingerprint density at radius 2 is 1.87 bits per heavy atom.